The summed E-state index contributed by atoms with van der Waals surface area (Å²) in [5, 5.41) is 6.54. The predicted molar refractivity (Wildman–Crippen MR) is 46.9 cm³/mol. The van der Waals surface area contributed by atoms with E-state index in [1.807, 2.05) is 0 Å². The van der Waals surface area contributed by atoms with Crippen LogP contribution in [0, 0.1) is 6.92 Å². The molecule has 0 spiro atoms. The van der Waals surface area contributed by atoms with Crippen molar-refractivity contribution in [2.75, 3.05) is 7.11 Å². The van der Waals surface area contributed by atoms with Crippen molar-refractivity contribution in [2.24, 2.45) is 0 Å². The second-order valence-electron chi connectivity index (χ2n) is 2.00. The van der Waals surface area contributed by atoms with Crippen LogP contribution < -0.4 is 0 Å². The summed E-state index contributed by atoms with van der Waals surface area (Å²) in [7, 11) is 1.28. The maximum atomic E-state index is 10.9. The molecule has 0 aliphatic heterocycles. The van der Waals surface area contributed by atoms with Gasteiger partial charge in [-0.05, 0) is 6.92 Å². The van der Waals surface area contributed by atoms with Crippen LogP contribution >= 0.6 is 24.0 Å². The van der Waals surface area contributed by atoms with Crippen LogP contribution in [-0.2, 0) is 4.74 Å². The predicted octanol–water partition coefficient (Wildman–Crippen LogP) is 1.58. The van der Waals surface area contributed by atoms with Crippen LogP contribution in [0.2, 0.25) is 5.02 Å². The molecule has 12 heavy (non-hydrogen) atoms. The number of nitrogens with zero attached hydrogens (tertiary/aromatic N) is 1. The topological polar surface area (TPSA) is 55.0 Å². The molecule has 0 bridgehead atoms. The Labute approximate surface area is 80.7 Å². The number of esters is 1. The summed E-state index contributed by atoms with van der Waals surface area (Å²) in [5.74, 6) is -0.528. The number of hydrogen-bond acceptors (Lipinski definition) is 3. The van der Waals surface area contributed by atoms with Crippen molar-refractivity contribution in [2.45, 2.75) is 6.92 Å². The number of halogens is 2. The fourth-order valence-corrected chi connectivity index (χ4v) is 0.809. The van der Waals surface area contributed by atoms with E-state index in [0.29, 0.717) is 10.7 Å². The molecule has 1 aromatic rings. The van der Waals surface area contributed by atoms with Crippen LogP contribution in [0.3, 0.4) is 0 Å². The smallest absolute Gasteiger partial charge is 0.360 e. The third-order valence-corrected chi connectivity index (χ3v) is 1.71. The van der Waals surface area contributed by atoms with Gasteiger partial charge >= 0.3 is 5.97 Å². The minimum absolute atomic E-state index is 0. The van der Waals surface area contributed by atoms with Gasteiger partial charge in [0.25, 0.3) is 0 Å². The highest BCUT2D eigenvalue weighted by Gasteiger charge is 2.15. The molecular weight excluding hydrogens is 203 g/mol. The quantitative estimate of drug-likeness (QED) is 0.717. The van der Waals surface area contributed by atoms with Crippen molar-refractivity contribution in [3.63, 3.8) is 0 Å². The highest BCUT2D eigenvalue weighted by atomic mass is 35.5. The molecule has 0 saturated carbocycles. The number of carbonyl (C=O) groups is 1. The molecule has 1 rings (SSSR count). The molecular formula is C6H8Cl2N2O2. The number of methoxy groups -OCH3 is 1. The van der Waals surface area contributed by atoms with E-state index in [2.05, 4.69) is 14.9 Å². The Kier molecular flexibility index (Phi) is 4.06. The third kappa shape index (κ3) is 1.89. The second-order valence-corrected chi connectivity index (χ2v) is 2.38. The lowest BCUT2D eigenvalue weighted by Crippen LogP contribution is -2.01. The number of aromatic amines is 1. The monoisotopic (exact) mass is 210 g/mol. The first-order valence-electron chi connectivity index (χ1n) is 2.95. The molecule has 0 aliphatic carbocycles. The van der Waals surface area contributed by atoms with E-state index < -0.39 is 5.97 Å². The van der Waals surface area contributed by atoms with Crippen LogP contribution in [0.5, 0.6) is 0 Å². The zero-order valence-electron chi connectivity index (χ0n) is 6.55. The van der Waals surface area contributed by atoms with E-state index >= 15 is 0 Å². The first kappa shape index (κ1) is 11.3. The largest absolute Gasteiger partial charge is 0.464 e. The normalized spacial score (nSPS) is 8.92. The van der Waals surface area contributed by atoms with Crippen molar-refractivity contribution < 1.29 is 9.53 Å². The van der Waals surface area contributed by atoms with Gasteiger partial charge in [0.15, 0.2) is 5.69 Å². The summed E-state index contributed by atoms with van der Waals surface area (Å²) < 4.78 is 4.42. The molecule has 0 atom stereocenters. The summed E-state index contributed by atoms with van der Waals surface area (Å²) in [5.41, 5.74) is 0.790. The molecule has 6 heteroatoms. The first-order chi connectivity index (χ1) is 5.16. The van der Waals surface area contributed by atoms with Crippen molar-refractivity contribution in [1.29, 1.82) is 0 Å². The second kappa shape index (κ2) is 4.33. The zero-order valence-corrected chi connectivity index (χ0v) is 8.12. The number of nitrogens with one attached hydrogen (secondary N) is 1. The Hall–Kier alpha value is -0.740. The molecule has 0 aliphatic rings. The molecule has 68 valence electrons. The molecule has 1 N–H and O–H groups in total. The number of carbonyl (C=O) groups excluding carboxylic acids is 1. The van der Waals surface area contributed by atoms with Crippen LogP contribution in [0.4, 0.5) is 0 Å². The highest BCUT2D eigenvalue weighted by molar-refractivity contribution is 6.33. The lowest BCUT2D eigenvalue weighted by atomic mass is 10.4. The van der Waals surface area contributed by atoms with Crippen LogP contribution in [0.15, 0.2) is 0 Å². The Morgan fingerprint density at radius 2 is 2.25 bits per heavy atom. The number of ether oxygens (including phenoxy) is 1. The Morgan fingerprint density at radius 3 is 2.58 bits per heavy atom. The van der Waals surface area contributed by atoms with E-state index in [1.165, 1.54) is 7.11 Å². The molecule has 1 aromatic heterocycles. The molecule has 0 aromatic carbocycles. The van der Waals surface area contributed by atoms with Gasteiger partial charge in [-0.1, -0.05) is 11.6 Å². The maximum Gasteiger partial charge on any atom is 0.360 e. The molecule has 0 unspecified atom stereocenters. The summed E-state index contributed by atoms with van der Waals surface area (Å²) in [4.78, 5) is 10.9. The molecule has 0 radical (unpaired) electrons. The fourth-order valence-electron chi connectivity index (χ4n) is 0.647. The Balaban J connectivity index is 0.00000121. The molecule has 0 amide bonds. The van der Waals surface area contributed by atoms with E-state index in [-0.39, 0.29) is 18.1 Å². The number of aryl methyl sites for hydroxylation is 1. The van der Waals surface area contributed by atoms with Gasteiger partial charge in [-0.15, -0.1) is 12.4 Å². The van der Waals surface area contributed by atoms with Crippen molar-refractivity contribution in [3.05, 3.63) is 16.4 Å². The molecule has 4 nitrogen and oxygen atoms in total. The van der Waals surface area contributed by atoms with Gasteiger partial charge in [-0.2, -0.15) is 5.10 Å². The van der Waals surface area contributed by atoms with E-state index in [1.54, 1.807) is 6.92 Å². The fraction of sp³-hybridized carbons (Fsp3) is 0.333. The average Bonchev–Trinajstić information content (AvgIpc) is 2.32. The van der Waals surface area contributed by atoms with Crippen LogP contribution in [0.25, 0.3) is 0 Å². The number of hydrogen-bond donors (Lipinski definition) is 1. The number of rotatable bonds is 1. The highest BCUT2D eigenvalue weighted by Crippen LogP contribution is 2.17. The summed E-state index contributed by atoms with van der Waals surface area (Å²) in [6.07, 6.45) is 0. The van der Waals surface area contributed by atoms with Crippen molar-refractivity contribution >= 4 is 30.0 Å². The van der Waals surface area contributed by atoms with Gasteiger partial charge in [-0.25, -0.2) is 4.79 Å². The minimum Gasteiger partial charge on any atom is -0.464 e. The van der Waals surface area contributed by atoms with Gasteiger partial charge in [0.1, 0.15) is 0 Å². The van der Waals surface area contributed by atoms with Crippen LogP contribution in [-0.4, -0.2) is 23.3 Å². The number of aromatic nitrogens is 2. The lowest BCUT2D eigenvalue weighted by molar-refractivity contribution is 0.0594. The molecule has 1 heterocycles. The van der Waals surface area contributed by atoms with Gasteiger partial charge < -0.3 is 4.74 Å². The first-order valence-corrected chi connectivity index (χ1v) is 3.33. The summed E-state index contributed by atoms with van der Waals surface area (Å²) in [6.45, 7) is 1.72. The summed E-state index contributed by atoms with van der Waals surface area (Å²) in [6, 6.07) is 0. The van der Waals surface area contributed by atoms with Gasteiger partial charge in [0, 0.05) is 0 Å². The van der Waals surface area contributed by atoms with Gasteiger partial charge in [0.05, 0.1) is 17.8 Å². The Bertz CT molecular complexity index is 285. The third-order valence-electron chi connectivity index (χ3n) is 1.25. The van der Waals surface area contributed by atoms with Gasteiger partial charge in [0.2, 0.25) is 0 Å². The summed E-state index contributed by atoms with van der Waals surface area (Å²) >= 11 is 5.69. The maximum absolute atomic E-state index is 10.9. The Morgan fingerprint density at radius 1 is 1.67 bits per heavy atom. The van der Waals surface area contributed by atoms with E-state index in [4.69, 9.17) is 11.6 Å². The minimum atomic E-state index is -0.528. The molecule has 0 saturated heterocycles. The SMILES string of the molecule is COC(=O)c1n[nH]c(C)c1Cl.Cl. The average molecular weight is 211 g/mol. The van der Waals surface area contributed by atoms with E-state index in [9.17, 15) is 4.79 Å². The standard InChI is InChI=1S/C6H7ClN2O2.ClH/c1-3-4(7)5(9-8-3)6(10)11-2;/h1-2H3,(H,8,9);1H. The lowest BCUT2D eigenvalue weighted by Gasteiger charge is -1.92. The number of H-pyrrole nitrogens is 1. The zero-order chi connectivity index (χ0) is 8.43. The van der Waals surface area contributed by atoms with Crippen molar-refractivity contribution in [1.82, 2.24) is 10.2 Å². The molecule has 0 fully saturated rings. The van der Waals surface area contributed by atoms with Crippen LogP contribution in [0.1, 0.15) is 16.2 Å². The van der Waals surface area contributed by atoms with Crippen molar-refractivity contribution in [3.8, 4) is 0 Å². The van der Waals surface area contributed by atoms with E-state index in [0.717, 1.165) is 0 Å². The van der Waals surface area contributed by atoms with Gasteiger partial charge in [-0.3, -0.25) is 5.10 Å².